The summed E-state index contributed by atoms with van der Waals surface area (Å²) >= 11 is 1.68. The van der Waals surface area contributed by atoms with Crippen molar-refractivity contribution in [1.82, 2.24) is 14.5 Å². The molecule has 0 bridgehead atoms. The molecule has 9 aromatic rings. The van der Waals surface area contributed by atoms with E-state index in [1.54, 1.807) is 29.5 Å². The molecule has 1 radical (unpaired) electrons. The van der Waals surface area contributed by atoms with Crippen molar-refractivity contribution in [2.45, 2.75) is 59.2 Å². The average molecular weight is 953 g/mol. The van der Waals surface area contributed by atoms with Crippen LogP contribution in [0.4, 0.5) is 0 Å². The number of pyridine rings is 1. The van der Waals surface area contributed by atoms with E-state index in [4.69, 9.17) is 9.10 Å². The Morgan fingerprint density at radius 1 is 0.655 bits per heavy atom. The molecule has 0 N–H and O–H groups in total. The van der Waals surface area contributed by atoms with Gasteiger partial charge in [-0.3, -0.25) is 16.3 Å². The minimum atomic E-state index is -2.09. The van der Waals surface area contributed by atoms with E-state index < -0.39 is 6.85 Å². The molecule has 0 saturated heterocycles. The van der Waals surface area contributed by atoms with E-state index in [-0.39, 0.29) is 36.5 Å². The standard InChI is InChI=1S/C41H37N2S.C12H10N.Ir/c1-40(2,3)29-21-22-31-34(26-44-37(31)25-29)39-42-35-19-13-14-20-36(35)43(39)38-32(27-15-9-7-10-16-27)23-30(41(4,5)6)24-33(38)28-17-11-8-12-18-28;1-10-7-8-12(13-9-10)11-5-3-2-4-6-11;/h7-25H,1-6H3;2-5,7-9H,1H3;/q2*-1;/i;1D3;. The normalized spacial score (nSPS) is 12.6. The molecule has 3 nitrogen and oxygen atoms in total. The third-order valence-corrected chi connectivity index (χ3v) is 11.1. The first-order valence-electron chi connectivity index (χ1n) is 20.8. The number of para-hydroxylation sites is 2. The molecule has 3 heterocycles. The number of aryl methyl sites for hydroxylation is 1. The van der Waals surface area contributed by atoms with Crippen molar-refractivity contribution >= 4 is 32.5 Å². The molecule has 0 unspecified atom stereocenters. The topological polar surface area (TPSA) is 30.7 Å². The van der Waals surface area contributed by atoms with E-state index in [0.717, 1.165) is 39.4 Å². The number of aromatic nitrogens is 3. The largest absolute Gasteiger partial charge is 0.332 e. The zero-order chi connectivity index (χ0) is 42.2. The number of rotatable bonds is 5. The summed E-state index contributed by atoms with van der Waals surface area (Å²) < 4.78 is 25.3. The van der Waals surface area contributed by atoms with Crippen LogP contribution in [-0.2, 0) is 30.9 Å². The minimum absolute atomic E-state index is 0. The maximum Gasteiger partial charge on any atom is 0.0774 e. The van der Waals surface area contributed by atoms with Crippen molar-refractivity contribution in [3.8, 4) is 50.6 Å². The molecule has 0 fully saturated rings. The number of imidazole rings is 1. The van der Waals surface area contributed by atoms with Gasteiger partial charge in [-0.25, -0.2) is 0 Å². The monoisotopic (exact) mass is 953 g/mol. The van der Waals surface area contributed by atoms with Gasteiger partial charge in [-0.2, -0.15) is 0 Å². The molecule has 0 saturated carbocycles. The Morgan fingerprint density at radius 2 is 1.29 bits per heavy atom. The smallest absolute Gasteiger partial charge is 0.0774 e. The van der Waals surface area contributed by atoms with Gasteiger partial charge >= 0.3 is 0 Å². The number of benzene rings is 6. The number of hydrogen-bond acceptors (Lipinski definition) is 3. The van der Waals surface area contributed by atoms with Crippen LogP contribution in [0.2, 0.25) is 0 Å². The summed E-state index contributed by atoms with van der Waals surface area (Å²) in [5.74, 6) is 0.916. The summed E-state index contributed by atoms with van der Waals surface area (Å²) in [5, 5.41) is 4.88. The van der Waals surface area contributed by atoms with Gasteiger partial charge in [0, 0.05) is 41.5 Å². The average Bonchev–Trinajstić information content (AvgIpc) is 3.85. The van der Waals surface area contributed by atoms with Crippen LogP contribution in [0.15, 0.2) is 158 Å². The van der Waals surface area contributed by atoms with Gasteiger partial charge in [-0.15, -0.1) is 47.3 Å². The van der Waals surface area contributed by atoms with Crippen molar-refractivity contribution < 1.29 is 24.2 Å². The molecule has 0 aliphatic rings. The summed E-state index contributed by atoms with van der Waals surface area (Å²) in [7, 11) is 0. The number of thiophene rings is 1. The Morgan fingerprint density at radius 3 is 1.88 bits per heavy atom. The minimum Gasteiger partial charge on any atom is -0.332 e. The van der Waals surface area contributed by atoms with Gasteiger partial charge in [0.1, 0.15) is 0 Å². The summed E-state index contributed by atoms with van der Waals surface area (Å²) in [6, 6.07) is 55.5. The van der Waals surface area contributed by atoms with Crippen LogP contribution in [0, 0.1) is 18.3 Å². The van der Waals surface area contributed by atoms with E-state index in [1.165, 1.54) is 49.7 Å². The Hall–Kier alpha value is -5.45. The fraction of sp³-hybridized carbons (Fsp3) is 0.170. The van der Waals surface area contributed by atoms with E-state index in [2.05, 4.69) is 178 Å². The number of nitrogens with zero attached hydrogens (tertiary/aromatic N) is 3. The Balaban J connectivity index is 0.000000278. The summed E-state index contributed by atoms with van der Waals surface area (Å²) in [5.41, 5.74) is 13.5. The fourth-order valence-electron chi connectivity index (χ4n) is 7.12. The van der Waals surface area contributed by atoms with Crippen LogP contribution >= 0.6 is 11.3 Å². The van der Waals surface area contributed by atoms with Gasteiger partial charge in [0.05, 0.1) is 22.5 Å². The molecule has 0 spiro atoms. The molecule has 5 heteroatoms. The third kappa shape index (κ3) is 8.40. The summed E-state index contributed by atoms with van der Waals surface area (Å²) in [4.78, 5) is 9.46. The van der Waals surface area contributed by atoms with Gasteiger partial charge in [0.15, 0.2) is 0 Å². The maximum absolute atomic E-state index is 7.23. The second-order valence-electron chi connectivity index (χ2n) is 16.4. The van der Waals surface area contributed by atoms with Crippen LogP contribution in [-0.4, -0.2) is 14.5 Å². The molecule has 0 aliphatic heterocycles. The van der Waals surface area contributed by atoms with Gasteiger partial charge in [0.2, 0.25) is 0 Å². The van der Waals surface area contributed by atoms with Crippen LogP contribution in [0.3, 0.4) is 0 Å². The third-order valence-electron chi connectivity index (χ3n) is 10.3. The first kappa shape index (κ1) is 36.9. The molecule has 0 atom stereocenters. The van der Waals surface area contributed by atoms with Crippen molar-refractivity contribution in [3.05, 3.63) is 186 Å². The molecule has 0 amide bonds. The zero-order valence-electron chi connectivity index (χ0n) is 36.6. The van der Waals surface area contributed by atoms with Crippen molar-refractivity contribution in [1.29, 1.82) is 0 Å². The van der Waals surface area contributed by atoms with E-state index >= 15 is 0 Å². The molecule has 58 heavy (non-hydrogen) atoms. The quantitative estimate of drug-likeness (QED) is 0.161. The van der Waals surface area contributed by atoms with Crippen molar-refractivity contribution in [2.75, 3.05) is 0 Å². The zero-order valence-corrected chi connectivity index (χ0v) is 36.8. The molecule has 6 aromatic carbocycles. The van der Waals surface area contributed by atoms with Gasteiger partial charge in [0.25, 0.3) is 0 Å². The Kier molecular flexibility index (Phi) is 10.7. The molecule has 9 rings (SSSR count). The van der Waals surface area contributed by atoms with Crippen LogP contribution in [0.5, 0.6) is 0 Å². The van der Waals surface area contributed by atoms with Gasteiger partial charge in [-0.1, -0.05) is 160 Å². The van der Waals surface area contributed by atoms with Crippen LogP contribution in [0.1, 0.15) is 62.3 Å². The first-order valence-corrected chi connectivity index (χ1v) is 20.1. The summed E-state index contributed by atoms with van der Waals surface area (Å²) in [6.45, 7) is 11.6. The van der Waals surface area contributed by atoms with Crippen LogP contribution < -0.4 is 0 Å². The van der Waals surface area contributed by atoms with E-state index in [0.29, 0.717) is 0 Å². The van der Waals surface area contributed by atoms with Crippen molar-refractivity contribution in [2.24, 2.45) is 0 Å². The van der Waals surface area contributed by atoms with Gasteiger partial charge in [-0.05, 0) is 69.9 Å². The fourth-order valence-corrected chi connectivity index (χ4v) is 8.00. The maximum atomic E-state index is 7.23. The Labute approximate surface area is 365 Å². The predicted octanol–water partition coefficient (Wildman–Crippen LogP) is 14.5. The van der Waals surface area contributed by atoms with Crippen molar-refractivity contribution in [3.63, 3.8) is 0 Å². The van der Waals surface area contributed by atoms with Gasteiger partial charge < -0.3 is 9.55 Å². The first-order chi connectivity index (χ1) is 28.7. The molecular weight excluding hydrogens is 903 g/mol. The molecule has 291 valence electrons. The van der Waals surface area contributed by atoms with E-state index in [1.807, 2.05) is 18.2 Å². The second kappa shape index (κ2) is 16.8. The SMILES string of the molecule is CC(C)(C)c1cc(-c2ccccc2)c(-n2c(-c3[c-]sc4cc(C(C)(C)C)ccc34)nc3ccccc32)c(-c2ccccc2)c1.[2H]C([2H])([2H])c1ccc(-c2[c-]cccc2)nc1.[Ir]. The Bertz CT molecular complexity index is 2850. The number of hydrogen-bond donors (Lipinski definition) is 0. The predicted molar refractivity (Wildman–Crippen MR) is 242 cm³/mol. The number of fused-ring (bicyclic) bond motifs is 2. The second-order valence-corrected chi connectivity index (χ2v) is 17.3. The van der Waals surface area contributed by atoms with Crippen LogP contribution in [0.25, 0.3) is 71.7 Å². The summed E-state index contributed by atoms with van der Waals surface area (Å²) in [6.07, 6.45) is 1.39. The molecular formula is C53H47IrN3S-2. The molecule has 3 aromatic heterocycles. The molecule has 0 aliphatic carbocycles. The van der Waals surface area contributed by atoms with E-state index in [9.17, 15) is 0 Å².